The van der Waals surface area contributed by atoms with Gasteiger partial charge in [-0.05, 0) is 36.6 Å². The van der Waals surface area contributed by atoms with Gasteiger partial charge in [0.1, 0.15) is 5.82 Å². The molecule has 0 aliphatic carbocycles. The highest BCUT2D eigenvalue weighted by molar-refractivity contribution is 5.88. The van der Waals surface area contributed by atoms with Gasteiger partial charge in [-0.15, -0.1) is 0 Å². The summed E-state index contributed by atoms with van der Waals surface area (Å²) in [6.07, 6.45) is 2.90. The average molecular weight is 348 g/mol. The second-order valence-electron chi connectivity index (χ2n) is 7.02. The van der Waals surface area contributed by atoms with E-state index in [0.29, 0.717) is 23.7 Å². The quantitative estimate of drug-likeness (QED) is 0.755. The van der Waals surface area contributed by atoms with Crippen molar-refractivity contribution in [2.45, 2.75) is 25.9 Å². The fourth-order valence-corrected chi connectivity index (χ4v) is 3.64. The van der Waals surface area contributed by atoms with Crippen LogP contribution in [-0.2, 0) is 6.54 Å². The Morgan fingerprint density at radius 1 is 1.15 bits per heavy atom. The maximum atomic E-state index is 6.10. The van der Waals surface area contributed by atoms with Gasteiger partial charge in [-0.3, -0.25) is 9.88 Å². The standard InChI is InChI=1S/C20H24N6/c1-14-12-26(13-15-6-4-5-10-22-15)11-9-17(14)23-20-24-18-8-3-2-7-16(18)19(21)25-20/h2-8,10,14,17H,9,11-13H2,1H3,(H3,21,23,24,25)/t14-,17-/m0/s1. The van der Waals surface area contributed by atoms with Crippen molar-refractivity contribution in [1.82, 2.24) is 19.9 Å². The number of rotatable bonds is 4. The average Bonchev–Trinajstić information content (AvgIpc) is 2.65. The van der Waals surface area contributed by atoms with E-state index in [0.717, 1.165) is 42.7 Å². The Bertz CT molecular complexity index is 882. The molecule has 1 fully saturated rings. The predicted octanol–water partition coefficient (Wildman–Crippen LogP) is 2.93. The van der Waals surface area contributed by atoms with E-state index < -0.39 is 0 Å². The maximum Gasteiger partial charge on any atom is 0.225 e. The topological polar surface area (TPSA) is 80.0 Å². The third kappa shape index (κ3) is 3.60. The zero-order chi connectivity index (χ0) is 17.9. The summed E-state index contributed by atoms with van der Waals surface area (Å²) in [5, 5.41) is 4.40. The molecule has 0 spiro atoms. The Kier molecular flexibility index (Phi) is 4.67. The number of likely N-dealkylation sites (tertiary alicyclic amines) is 1. The molecule has 1 aromatic carbocycles. The molecule has 3 heterocycles. The van der Waals surface area contributed by atoms with Crippen molar-refractivity contribution in [2.24, 2.45) is 5.92 Å². The Hall–Kier alpha value is -2.73. The molecule has 6 nitrogen and oxygen atoms in total. The van der Waals surface area contributed by atoms with E-state index in [1.807, 2.05) is 42.6 Å². The fourth-order valence-electron chi connectivity index (χ4n) is 3.64. The number of anilines is 2. The van der Waals surface area contributed by atoms with Crippen molar-refractivity contribution in [1.29, 1.82) is 0 Å². The van der Waals surface area contributed by atoms with Gasteiger partial charge in [-0.2, -0.15) is 4.98 Å². The van der Waals surface area contributed by atoms with Gasteiger partial charge in [0, 0.05) is 37.3 Å². The summed E-state index contributed by atoms with van der Waals surface area (Å²) in [6.45, 7) is 5.23. The first-order valence-corrected chi connectivity index (χ1v) is 9.10. The summed E-state index contributed by atoms with van der Waals surface area (Å²) in [5.74, 6) is 1.64. The Morgan fingerprint density at radius 3 is 2.81 bits per heavy atom. The van der Waals surface area contributed by atoms with Crippen LogP contribution in [0.1, 0.15) is 19.0 Å². The number of nitrogens with two attached hydrogens (primary N) is 1. The minimum Gasteiger partial charge on any atom is -0.383 e. The Morgan fingerprint density at radius 2 is 2.00 bits per heavy atom. The van der Waals surface area contributed by atoms with Crippen LogP contribution in [0.2, 0.25) is 0 Å². The molecule has 1 aliphatic rings. The molecule has 2 atom stereocenters. The predicted molar refractivity (Wildman–Crippen MR) is 105 cm³/mol. The van der Waals surface area contributed by atoms with Crippen LogP contribution in [0.4, 0.5) is 11.8 Å². The Labute approximate surface area is 153 Å². The number of nitrogen functional groups attached to an aromatic ring is 1. The lowest BCUT2D eigenvalue weighted by atomic mass is 9.94. The van der Waals surface area contributed by atoms with E-state index in [9.17, 15) is 0 Å². The molecule has 0 radical (unpaired) electrons. The second-order valence-corrected chi connectivity index (χ2v) is 7.02. The molecule has 1 aliphatic heterocycles. The lowest BCUT2D eigenvalue weighted by molar-refractivity contribution is 0.163. The molecule has 0 amide bonds. The van der Waals surface area contributed by atoms with Gasteiger partial charge in [0.05, 0.1) is 11.2 Å². The van der Waals surface area contributed by atoms with Gasteiger partial charge in [-0.25, -0.2) is 4.98 Å². The highest BCUT2D eigenvalue weighted by atomic mass is 15.2. The van der Waals surface area contributed by atoms with Crippen LogP contribution in [0.5, 0.6) is 0 Å². The molecule has 1 saturated heterocycles. The first-order chi connectivity index (χ1) is 12.7. The summed E-state index contributed by atoms with van der Waals surface area (Å²) in [7, 11) is 0. The normalized spacial score (nSPS) is 21.0. The number of aromatic nitrogens is 3. The van der Waals surface area contributed by atoms with Crippen LogP contribution >= 0.6 is 0 Å². The van der Waals surface area contributed by atoms with Crippen molar-refractivity contribution in [3.63, 3.8) is 0 Å². The molecule has 26 heavy (non-hydrogen) atoms. The highest BCUT2D eigenvalue weighted by Gasteiger charge is 2.27. The van der Waals surface area contributed by atoms with Gasteiger partial charge >= 0.3 is 0 Å². The van der Waals surface area contributed by atoms with Crippen molar-refractivity contribution < 1.29 is 0 Å². The number of pyridine rings is 1. The molecule has 0 bridgehead atoms. The number of fused-ring (bicyclic) bond motifs is 1. The molecular weight excluding hydrogens is 324 g/mol. The lowest BCUT2D eigenvalue weighted by Gasteiger charge is -2.37. The number of hydrogen-bond acceptors (Lipinski definition) is 6. The van der Waals surface area contributed by atoms with Crippen molar-refractivity contribution in [3.05, 3.63) is 54.4 Å². The maximum absolute atomic E-state index is 6.10. The van der Waals surface area contributed by atoms with E-state index in [2.05, 4.69) is 38.2 Å². The van der Waals surface area contributed by atoms with Crippen LogP contribution in [-0.4, -0.2) is 39.0 Å². The van der Waals surface area contributed by atoms with Gasteiger partial charge in [0.15, 0.2) is 0 Å². The highest BCUT2D eigenvalue weighted by Crippen LogP contribution is 2.24. The zero-order valence-electron chi connectivity index (χ0n) is 15.0. The minimum absolute atomic E-state index is 0.343. The SMILES string of the molecule is C[C@H]1CN(Cc2ccccn2)CC[C@@H]1Nc1nc(N)c2ccccc2n1. The number of para-hydroxylation sites is 1. The molecule has 3 aromatic rings. The van der Waals surface area contributed by atoms with Crippen LogP contribution in [0, 0.1) is 5.92 Å². The summed E-state index contributed by atoms with van der Waals surface area (Å²) in [5.41, 5.74) is 8.10. The fraction of sp³-hybridized carbons (Fsp3) is 0.350. The summed E-state index contributed by atoms with van der Waals surface area (Å²) in [4.78, 5) is 16.0. The van der Waals surface area contributed by atoms with E-state index in [-0.39, 0.29) is 0 Å². The molecule has 4 rings (SSSR count). The molecule has 6 heteroatoms. The third-order valence-corrected chi connectivity index (χ3v) is 5.05. The van der Waals surface area contributed by atoms with E-state index in [4.69, 9.17) is 5.73 Å². The van der Waals surface area contributed by atoms with Gasteiger partial charge in [0.25, 0.3) is 0 Å². The summed E-state index contributed by atoms with van der Waals surface area (Å²) in [6, 6.07) is 14.3. The molecule has 2 aromatic heterocycles. The lowest BCUT2D eigenvalue weighted by Crippen LogP contribution is -2.45. The van der Waals surface area contributed by atoms with Gasteiger partial charge in [0.2, 0.25) is 5.95 Å². The number of hydrogen-bond donors (Lipinski definition) is 2. The van der Waals surface area contributed by atoms with E-state index in [1.54, 1.807) is 0 Å². The largest absolute Gasteiger partial charge is 0.383 e. The Balaban J connectivity index is 1.42. The van der Waals surface area contributed by atoms with Crippen molar-refractivity contribution >= 4 is 22.7 Å². The number of nitrogens with one attached hydrogen (secondary N) is 1. The molecule has 3 N–H and O–H groups in total. The monoisotopic (exact) mass is 348 g/mol. The van der Waals surface area contributed by atoms with E-state index >= 15 is 0 Å². The molecular formula is C20H24N6. The first-order valence-electron chi connectivity index (χ1n) is 9.10. The molecule has 0 saturated carbocycles. The second kappa shape index (κ2) is 7.25. The smallest absolute Gasteiger partial charge is 0.225 e. The first kappa shape index (κ1) is 16.7. The zero-order valence-corrected chi connectivity index (χ0v) is 15.0. The number of benzene rings is 1. The molecule has 0 unspecified atom stereocenters. The third-order valence-electron chi connectivity index (χ3n) is 5.05. The number of nitrogens with zero attached hydrogens (tertiary/aromatic N) is 4. The van der Waals surface area contributed by atoms with Crippen molar-refractivity contribution in [2.75, 3.05) is 24.1 Å². The van der Waals surface area contributed by atoms with Crippen LogP contribution < -0.4 is 11.1 Å². The van der Waals surface area contributed by atoms with Gasteiger partial charge in [-0.1, -0.05) is 25.1 Å². The van der Waals surface area contributed by atoms with Crippen molar-refractivity contribution in [3.8, 4) is 0 Å². The van der Waals surface area contributed by atoms with Crippen LogP contribution in [0.3, 0.4) is 0 Å². The summed E-state index contributed by atoms with van der Waals surface area (Å²) >= 11 is 0. The van der Waals surface area contributed by atoms with Gasteiger partial charge < -0.3 is 11.1 Å². The minimum atomic E-state index is 0.343. The van der Waals surface area contributed by atoms with Crippen LogP contribution in [0.15, 0.2) is 48.7 Å². The van der Waals surface area contributed by atoms with Crippen LogP contribution in [0.25, 0.3) is 10.9 Å². The summed E-state index contributed by atoms with van der Waals surface area (Å²) < 4.78 is 0. The molecule has 134 valence electrons. The number of piperidine rings is 1. The van der Waals surface area contributed by atoms with E-state index in [1.165, 1.54) is 0 Å².